The van der Waals surface area contributed by atoms with E-state index in [1.165, 1.54) is 12.1 Å². The van der Waals surface area contributed by atoms with Gasteiger partial charge in [0.05, 0.1) is 6.54 Å². The molecule has 4 heteroatoms. The Hall–Kier alpha value is -1.42. The van der Waals surface area contributed by atoms with Crippen molar-refractivity contribution in [3.63, 3.8) is 0 Å². The van der Waals surface area contributed by atoms with Gasteiger partial charge >= 0.3 is 0 Å². The van der Waals surface area contributed by atoms with E-state index in [1.807, 2.05) is 4.90 Å². The number of hydrogen-bond donors (Lipinski definition) is 1. The molecule has 1 N–H and O–H groups in total. The molecule has 1 aromatic rings. The molecule has 1 aliphatic heterocycles. The third kappa shape index (κ3) is 3.37. The Labute approximate surface area is 120 Å². The molecule has 0 spiro atoms. The maximum absolute atomic E-state index is 13.0. The van der Waals surface area contributed by atoms with Gasteiger partial charge in [0.25, 0.3) is 0 Å². The van der Waals surface area contributed by atoms with Crippen molar-refractivity contribution < 1.29 is 9.18 Å². The summed E-state index contributed by atoms with van der Waals surface area (Å²) in [5.74, 6) is 0.500. The van der Waals surface area contributed by atoms with Crippen LogP contribution in [0.1, 0.15) is 45.3 Å². The van der Waals surface area contributed by atoms with Crippen molar-refractivity contribution in [2.24, 2.45) is 5.92 Å². The Morgan fingerprint density at radius 1 is 1.25 bits per heavy atom. The van der Waals surface area contributed by atoms with Gasteiger partial charge in [0, 0.05) is 6.04 Å². The Morgan fingerprint density at radius 2 is 1.90 bits per heavy atom. The number of nitrogens with one attached hydrogen (secondary N) is 1. The average molecular weight is 278 g/mol. The van der Waals surface area contributed by atoms with E-state index in [9.17, 15) is 9.18 Å². The van der Waals surface area contributed by atoms with Crippen molar-refractivity contribution in [3.05, 3.63) is 35.6 Å². The van der Waals surface area contributed by atoms with E-state index < -0.39 is 0 Å². The minimum Gasteiger partial charge on any atom is -0.319 e. The summed E-state index contributed by atoms with van der Waals surface area (Å²) in [6, 6.07) is 6.56. The van der Waals surface area contributed by atoms with Gasteiger partial charge in [0.2, 0.25) is 5.91 Å². The maximum Gasteiger partial charge on any atom is 0.238 e. The second kappa shape index (κ2) is 6.35. The Bertz CT molecular complexity index is 458. The molecule has 1 saturated heterocycles. The minimum absolute atomic E-state index is 0.121. The molecule has 1 heterocycles. The highest BCUT2D eigenvalue weighted by Gasteiger charge is 2.34. The lowest BCUT2D eigenvalue weighted by Crippen LogP contribution is -2.38. The van der Waals surface area contributed by atoms with E-state index in [2.05, 4.69) is 26.1 Å². The molecule has 0 radical (unpaired) electrons. The predicted molar refractivity (Wildman–Crippen MR) is 77.5 cm³/mol. The molecule has 3 nitrogen and oxygen atoms in total. The number of hydrogen-bond acceptors (Lipinski definition) is 2. The van der Waals surface area contributed by atoms with Gasteiger partial charge in [-0.15, -0.1) is 0 Å². The lowest BCUT2D eigenvalue weighted by atomic mass is 10.0. The lowest BCUT2D eigenvalue weighted by Gasteiger charge is -2.31. The van der Waals surface area contributed by atoms with E-state index in [0.717, 1.165) is 18.4 Å². The van der Waals surface area contributed by atoms with Crippen LogP contribution in [-0.2, 0) is 4.79 Å². The fourth-order valence-corrected chi connectivity index (χ4v) is 2.66. The summed E-state index contributed by atoms with van der Waals surface area (Å²) in [4.78, 5) is 14.0. The first-order valence-corrected chi connectivity index (χ1v) is 7.29. The van der Waals surface area contributed by atoms with Crippen LogP contribution < -0.4 is 5.32 Å². The molecule has 2 rings (SSSR count). The number of halogens is 1. The number of amides is 1. The molecule has 20 heavy (non-hydrogen) atoms. The van der Waals surface area contributed by atoms with Gasteiger partial charge in [-0.3, -0.25) is 10.1 Å². The summed E-state index contributed by atoms with van der Waals surface area (Å²) in [7, 11) is 0. The largest absolute Gasteiger partial charge is 0.319 e. The topological polar surface area (TPSA) is 32.3 Å². The molecule has 1 amide bonds. The molecule has 2 atom stereocenters. The fourth-order valence-electron chi connectivity index (χ4n) is 2.66. The van der Waals surface area contributed by atoms with Gasteiger partial charge < -0.3 is 4.90 Å². The van der Waals surface area contributed by atoms with Crippen LogP contribution in [0.15, 0.2) is 24.3 Å². The fraction of sp³-hybridized carbons (Fsp3) is 0.562. The summed E-state index contributed by atoms with van der Waals surface area (Å²) < 4.78 is 13.0. The second-order valence-corrected chi connectivity index (χ2v) is 5.96. The van der Waals surface area contributed by atoms with Crippen LogP contribution in [0.2, 0.25) is 0 Å². The van der Waals surface area contributed by atoms with Gasteiger partial charge in [-0.05, 0) is 43.4 Å². The standard InChI is InChI=1S/C16H23FN2O/c1-11(2)4-5-12(3)19-15(20)10-18-16(19)13-6-8-14(17)9-7-13/h6-9,11-12,16,18H,4-5,10H2,1-3H3. The minimum atomic E-state index is -0.252. The molecular weight excluding hydrogens is 255 g/mol. The molecule has 1 aromatic carbocycles. The average Bonchev–Trinajstić information content (AvgIpc) is 2.79. The molecule has 0 aliphatic carbocycles. The van der Waals surface area contributed by atoms with Crippen LogP contribution in [0, 0.1) is 11.7 Å². The molecule has 0 aromatic heterocycles. The van der Waals surface area contributed by atoms with Crippen molar-refractivity contribution in [1.29, 1.82) is 0 Å². The molecule has 1 fully saturated rings. The van der Waals surface area contributed by atoms with Gasteiger partial charge in [-0.1, -0.05) is 26.0 Å². The number of carbonyl (C=O) groups excluding carboxylic acids is 1. The summed E-state index contributed by atoms with van der Waals surface area (Å²) in [6.45, 7) is 6.82. The highest BCUT2D eigenvalue weighted by atomic mass is 19.1. The highest BCUT2D eigenvalue weighted by molar-refractivity contribution is 5.81. The van der Waals surface area contributed by atoms with Gasteiger partial charge in [0.15, 0.2) is 0 Å². The number of nitrogens with zero attached hydrogens (tertiary/aromatic N) is 1. The van der Waals surface area contributed by atoms with Crippen molar-refractivity contribution in [3.8, 4) is 0 Å². The quantitative estimate of drug-likeness (QED) is 0.897. The zero-order chi connectivity index (χ0) is 14.7. The Kier molecular flexibility index (Phi) is 4.76. The van der Waals surface area contributed by atoms with Crippen LogP contribution in [0.3, 0.4) is 0 Å². The molecule has 110 valence electrons. The summed E-state index contributed by atoms with van der Waals surface area (Å²) in [5.41, 5.74) is 0.939. The highest BCUT2D eigenvalue weighted by Crippen LogP contribution is 2.27. The van der Waals surface area contributed by atoms with E-state index >= 15 is 0 Å². The van der Waals surface area contributed by atoms with E-state index in [1.54, 1.807) is 12.1 Å². The summed E-state index contributed by atoms with van der Waals surface area (Å²) >= 11 is 0. The van der Waals surface area contributed by atoms with Gasteiger partial charge in [-0.2, -0.15) is 0 Å². The van der Waals surface area contributed by atoms with Gasteiger partial charge in [0.1, 0.15) is 12.0 Å². The number of carbonyl (C=O) groups is 1. The first-order chi connectivity index (χ1) is 9.49. The third-order valence-electron chi connectivity index (χ3n) is 3.84. The van der Waals surface area contributed by atoms with Crippen LogP contribution >= 0.6 is 0 Å². The van der Waals surface area contributed by atoms with Crippen molar-refractivity contribution in [2.45, 2.75) is 45.8 Å². The van der Waals surface area contributed by atoms with E-state index in [4.69, 9.17) is 0 Å². The molecular formula is C16H23FN2O. The second-order valence-electron chi connectivity index (χ2n) is 5.96. The zero-order valence-electron chi connectivity index (χ0n) is 12.4. The maximum atomic E-state index is 13.0. The first-order valence-electron chi connectivity index (χ1n) is 7.29. The van der Waals surface area contributed by atoms with Crippen molar-refractivity contribution >= 4 is 5.91 Å². The normalized spacial score (nSPS) is 20.8. The molecule has 0 bridgehead atoms. The Morgan fingerprint density at radius 3 is 2.50 bits per heavy atom. The van der Waals surface area contributed by atoms with Crippen LogP contribution in [-0.4, -0.2) is 23.4 Å². The molecule has 1 aliphatic rings. The van der Waals surface area contributed by atoms with E-state index in [-0.39, 0.29) is 23.9 Å². The Balaban J connectivity index is 2.11. The smallest absolute Gasteiger partial charge is 0.238 e. The van der Waals surface area contributed by atoms with Crippen LogP contribution in [0.25, 0.3) is 0 Å². The SMILES string of the molecule is CC(C)CCC(C)N1C(=O)CNC1c1ccc(F)cc1. The van der Waals surface area contributed by atoms with Crippen molar-refractivity contribution in [2.75, 3.05) is 6.54 Å². The summed E-state index contributed by atoms with van der Waals surface area (Å²) in [5, 5.41) is 3.21. The zero-order valence-corrected chi connectivity index (χ0v) is 12.4. The predicted octanol–water partition coefficient (Wildman–Crippen LogP) is 3.08. The molecule has 0 saturated carbocycles. The lowest BCUT2D eigenvalue weighted by molar-refractivity contribution is -0.130. The number of benzene rings is 1. The molecule has 2 unspecified atom stereocenters. The summed E-state index contributed by atoms with van der Waals surface area (Å²) in [6.07, 6.45) is 1.95. The van der Waals surface area contributed by atoms with Gasteiger partial charge in [-0.25, -0.2) is 4.39 Å². The number of rotatable bonds is 5. The van der Waals surface area contributed by atoms with E-state index in [0.29, 0.717) is 12.5 Å². The third-order valence-corrected chi connectivity index (χ3v) is 3.84. The van der Waals surface area contributed by atoms with Crippen LogP contribution in [0.4, 0.5) is 4.39 Å². The monoisotopic (exact) mass is 278 g/mol. The van der Waals surface area contributed by atoms with Crippen molar-refractivity contribution in [1.82, 2.24) is 10.2 Å². The van der Waals surface area contributed by atoms with Crippen LogP contribution in [0.5, 0.6) is 0 Å². The first kappa shape index (κ1) is 15.0.